The van der Waals surface area contributed by atoms with Crippen LogP contribution in [0.15, 0.2) is 71.5 Å². The highest BCUT2D eigenvalue weighted by atomic mass is 16.5. The number of ether oxygens (including phenoxy) is 1. The number of imidazole rings is 1. The van der Waals surface area contributed by atoms with Gasteiger partial charge in [-0.15, -0.1) is 0 Å². The Morgan fingerprint density at radius 1 is 1.06 bits per heavy atom. The zero-order chi connectivity index (χ0) is 24.9. The SMILES string of the molecule is CC(O)c1nccn1Cc1cc(-c2ccc(C#Cc3ccc(OC4CCN(C)CC4)cc3)cc2)on1. The maximum atomic E-state index is 9.83. The van der Waals surface area contributed by atoms with E-state index < -0.39 is 6.10 Å². The molecule has 0 radical (unpaired) electrons. The van der Waals surface area contributed by atoms with Gasteiger partial charge >= 0.3 is 0 Å². The molecule has 1 saturated heterocycles. The van der Waals surface area contributed by atoms with Crippen molar-refractivity contribution in [2.75, 3.05) is 20.1 Å². The normalized spacial score (nSPS) is 15.3. The van der Waals surface area contributed by atoms with Crippen LogP contribution in [0.25, 0.3) is 11.3 Å². The van der Waals surface area contributed by atoms with Gasteiger partial charge in [-0.3, -0.25) is 0 Å². The maximum Gasteiger partial charge on any atom is 0.167 e. The molecule has 1 N–H and O–H groups in total. The van der Waals surface area contributed by atoms with Crippen LogP contribution in [0.5, 0.6) is 5.75 Å². The molecule has 2 aromatic heterocycles. The van der Waals surface area contributed by atoms with Crippen molar-refractivity contribution in [3.63, 3.8) is 0 Å². The number of aliphatic hydroxyl groups excluding tert-OH is 1. The van der Waals surface area contributed by atoms with E-state index in [2.05, 4.69) is 33.9 Å². The van der Waals surface area contributed by atoms with Crippen molar-refractivity contribution in [1.82, 2.24) is 19.6 Å². The molecule has 1 unspecified atom stereocenters. The van der Waals surface area contributed by atoms with E-state index in [1.165, 1.54) is 0 Å². The highest BCUT2D eigenvalue weighted by Crippen LogP contribution is 2.22. The Morgan fingerprint density at radius 2 is 1.72 bits per heavy atom. The first-order valence-electron chi connectivity index (χ1n) is 12.3. The third kappa shape index (κ3) is 5.85. The quantitative estimate of drug-likeness (QED) is 0.408. The molecule has 1 atom stereocenters. The number of aromatic nitrogens is 3. The van der Waals surface area contributed by atoms with Gasteiger partial charge in [-0.2, -0.15) is 0 Å². The predicted octanol–water partition coefficient (Wildman–Crippen LogP) is 4.51. The van der Waals surface area contributed by atoms with Crippen molar-refractivity contribution in [3.05, 3.63) is 89.6 Å². The standard InChI is InChI=1S/C29H30N4O3/c1-21(34)29-30-15-18-33(29)20-25-19-28(36-31-25)24-9-5-22(6-10-24)3-4-23-7-11-26(12-8-23)35-27-13-16-32(2)17-14-27/h5-12,15,18-19,21,27,34H,13-14,16-17,20H2,1-2H3. The number of rotatable bonds is 6. The molecule has 36 heavy (non-hydrogen) atoms. The van der Waals surface area contributed by atoms with Gasteiger partial charge < -0.3 is 23.8 Å². The Kier molecular flexibility index (Phi) is 7.17. The molecule has 0 spiro atoms. The van der Waals surface area contributed by atoms with Crippen LogP contribution in [-0.4, -0.2) is 51.0 Å². The summed E-state index contributed by atoms with van der Waals surface area (Å²) in [4.78, 5) is 6.53. The Balaban J connectivity index is 1.19. The lowest BCUT2D eigenvalue weighted by atomic mass is 10.1. The van der Waals surface area contributed by atoms with Crippen molar-refractivity contribution in [2.45, 2.75) is 38.5 Å². The van der Waals surface area contributed by atoms with Crippen LogP contribution in [0.4, 0.5) is 0 Å². The average Bonchev–Trinajstić information content (AvgIpc) is 3.56. The lowest BCUT2D eigenvalue weighted by molar-refractivity contribution is 0.114. The molecule has 0 amide bonds. The average molecular weight is 483 g/mol. The second-order valence-corrected chi connectivity index (χ2v) is 9.24. The third-order valence-electron chi connectivity index (χ3n) is 6.36. The molecule has 1 fully saturated rings. The summed E-state index contributed by atoms with van der Waals surface area (Å²) in [7, 11) is 2.15. The molecule has 184 valence electrons. The van der Waals surface area contributed by atoms with Crippen LogP contribution in [0.2, 0.25) is 0 Å². The van der Waals surface area contributed by atoms with Crippen LogP contribution in [-0.2, 0) is 6.54 Å². The van der Waals surface area contributed by atoms with Crippen LogP contribution < -0.4 is 4.74 Å². The molecule has 0 aliphatic carbocycles. The van der Waals surface area contributed by atoms with Crippen LogP contribution in [0, 0.1) is 11.8 Å². The topological polar surface area (TPSA) is 76.6 Å². The first-order valence-corrected chi connectivity index (χ1v) is 12.3. The van der Waals surface area contributed by atoms with Gasteiger partial charge in [0.15, 0.2) is 5.76 Å². The van der Waals surface area contributed by atoms with E-state index in [4.69, 9.17) is 9.26 Å². The molecule has 3 heterocycles. The van der Waals surface area contributed by atoms with Gasteiger partial charge in [-0.1, -0.05) is 17.0 Å². The number of likely N-dealkylation sites (tertiary alicyclic amines) is 1. The molecule has 0 bridgehead atoms. The summed E-state index contributed by atoms with van der Waals surface area (Å²) < 4.78 is 13.5. The Labute approximate surface area is 211 Å². The number of piperidine rings is 1. The van der Waals surface area contributed by atoms with Crippen molar-refractivity contribution in [1.29, 1.82) is 0 Å². The molecule has 5 rings (SSSR count). The lowest BCUT2D eigenvalue weighted by Gasteiger charge is -2.29. The van der Waals surface area contributed by atoms with E-state index in [1.807, 2.05) is 65.4 Å². The smallest absolute Gasteiger partial charge is 0.167 e. The highest BCUT2D eigenvalue weighted by molar-refractivity contribution is 5.59. The van der Waals surface area contributed by atoms with Crippen molar-refractivity contribution >= 4 is 0 Å². The number of benzene rings is 2. The number of aliphatic hydroxyl groups is 1. The van der Waals surface area contributed by atoms with E-state index >= 15 is 0 Å². The molecular weight excluding hydrogens is 452 g/mol. The van der Waals surface area contributed by atoms with Crippen LogP contribution in [0.1, 0.15) is 48.5 Å². The molecule has 4 aromatic rings. The lowest BCUT2D eigenvalue weighted by Crippen LogP contribution is -2.35. The minimum Gasteiger partial charge on any atom is -0.490 e. The predicted molar refractivity (Wildman–Crippen MR) is 137 cm³/mol. The fourth-order valence-corrected chi connectivity index (χ4v) is 4.29. The van der Waals surface area contributed by atoms with E-state index in [9.17, 15) is 5.11 Å². The Morgan fingerprint density at radius 3 is 2.39 bits per heavy atom. The summed E-state index contributed by atoms with van der Waals surface area (Å²) in [6.45, 7) is 4.34. The fourth-order valence-electron chi connectivity index (χ4n) is 4.29. The van der Waals surface area contributed by atoms with Crippen LogP contribution in [0.3, 0.4) is 0 Å². The first-order chi connectivity index (χ1) is 17.5. The summed E-state index contributed by atoms with van der Waals surface area (Å²) >= 11 is 0. The van der Waals surface area contributed by atoms with Gasteiger partial charge in [0.05, 0.1) is 6.54 Å². The zero-order valence-corrected chi connectivity index (χ0v) is 20.6. The minimum absolute atomic E-state index is 0.296. The molecule has 7 heteroatoms. The van der Waals surface area contributed by atoms with Gasteiger partial charge in [-0.05, 0) is 75.3 Å². The van der Waals surface area contributed by atoms with E-state index in [1.54, 1.807) is 13.1 Å². The van der Waals surface area contributed by atoms with Crippen molar-refractivity contribution in [2.24, 2.45) is 0 Å². The first kappa shape index (κ1) is 23.9. The molecule has 2 aromatic carbocycles. The minimum atomic E-state index is -0.643. The van der Waals surface area contributed by atoms with E-state index in [0.29, 0.717) is 24.2 Å². The van der Waals surface area contributed by atoms with E-state index in [0.717, 1.165) is 54.1 Å². The Bertz CT molecular complexity index is 1340. The van der Waals surface area contributed by atoms with Crippen molar-refractivity contribution < 1.29 is 14.4 Å². The summed E-state index contributed by atoms with van der Waals surface area (Å²) in [6.07, 6.45) is 5.28. The molecule has 0 saturated carbocycles. The summed E-state index contributed by atoms with van der Waals surface area (Å²) in [5.74, 6) is 8.63. The largest absolute Gasteiger partial charge is 0.490 e. The number of nitrogens with zero attached hydrogens (tertiary/aromatic N) is 4. The summed E-state index contributed by atoms with van der Waals surface area (Å²) in [5, 5.41) is 14.0. The molecule has 1 aliphatic heterocycles. The highest BCUT2D eigenvalue weighted by Gasteiger charge is 2.18. The monoisotopic (exact) mass is 482 g/mol. The van der Waals surface area contributed by atoms with Gasteiger partial charge in [0.1, 0.15) is 29.5 Å². The molecule has 1 aliphatic rings. The van der Waals surface area contributed by atoms with E-state index in [-0.39, 0.29) is 0 Å². The maximum absolute atomic E-state index is 9.83. The van der Waals surface area contributed by atoms with Crippen LogP contribution >= 0.6 is 0 Å². The van der Waals surface area contributed by atoms with Gasteiger partial charge in [0.2, 0.25) is 0 Å². The summed E-state index contributed by atoms with van der Waals surface area (Å²) in [6, 6.07) is 17.8. The summed E-state index contributed by atoms with van der Waals surface area (Å²) in [5.41, 5.74) is 3.56. The van der Waals surface area contributed by atoms with Gasteiger partial charge in [0, 0.05) is 48.2 Å². The fraction of sp³-hybridized carbons (Fsp3) is 0.310. The number of hydrogen-bond acceptors (Lipinski definition) is 6. The van der Waals surface area contributed by atoms with Gasteiger partial charge in [0.25, 0.3) is 0 Å². The molecular formula is C29H30N4O3. The number of hydrogen-bond donors (Lipinski definition) is 1. The van der Waals surface area contributed by atoms with Crippen molar-refractivity contribution in [3.8, 4) is 28.9 Å². The molecule has 7 nitrogen and oxygen atoms in total. The zero-order valence-electron chi connectivity index (χ0n) is 20.6. The second-order valence-electron chi connectivity index (χ2n) is 9.24. The van der Waals surface area contributed by atoms with Gasteiger partial charge in [-0.25, -0.2) is 4.98 Å². The second kappa shape index (κ2) is 10.8. The third-order valence-corrected chi connectivity index (χ3v) is 6.36. The Hall–Kier alpha value is -3.86.